The molecular formula is C15H16FN5O. The third-order valence-electron chi connectivity index (χ3n) is 3.43. The molecule has 5 N–H and O–H groups in total. The lowest BCUT2D eigenvalue weighted by molar-refractivity contribution is 0.175. The predicted molar refractivity (Wildman–Crippen MR) is 83.4 cm³/mol. The normalized spacial score (nSPS) is 12.7. The molecule has 0 saturated carbocycles. The second-order valence-corrected chi connectivity index (χ2v) is 5.24. The third kappa shape index (κ3) is 2.35. The molecule has 0 spiro atoms. The van der Waals surface area contributed by atoms with Gasteiger partial charge in [-0.2, -0.15) is 0 Å². The Morgan fingerprint density at radius 1 is 1.27 bits per heavy atom. The number of fused-ring (bicyclic) bond motifs is 1. The highest BCUT2D eigenvalue weighted by molar-refractivity contribution is 6.00. The Hall–Kier alpha value is -2.67. The van der Waals surface area contributed by atoms with Gasteiger partial charge >= 0.3 is 0 Å². The third-order valence-corrected chi connectivity index (χ3v) is 3.43. The van der Waals surface area contributed by atoms with Crippen LogP contribution in [-0.2, 0) is 6.54 Å². The molecule has 6 nitrogen and oxygen atoms in total. The van der Waals surface area contributed by atoms with Gasteiger partial charge in [-0.15, -0.1) is 0 Å². The number of anilines is 2. The minimum absolute atomic E-state index is 0.264. The van der Waals surface area contributed by atoms with Gasteiger partial charge in [-0.1, -0.05) is 0 Å². The van der Waals surface area contributed by atoms with E-state index in [1.807, 2.05) is 0 Å². The number of nitrogen functional groups attached to an aromatic ring is 2. The van der Waals surface area contributed by atoms with Gasteiger partial charge in [-0.05, 0) is 25.1 Å². The van der Waals surface area contributed by atoms with Gasteiger partial charge < -0.3 is 21.1 Å². The van der Waals surface area contributed by atoms with Gasteiger partial charge in [0.1, 0.15) is 23.6 Å². The van der Waals surface area contributed by atoms with Crippen molar-refractivity contribution in [1.29, 1.82) is 0 Å². The van der Waals surface area contributed by atoms with E-state index in [2.05, 4.69) is 9.97 Å². The summed E-state index contributed by atoms with van der Waals surface area (Å²) in [6.45, 7) is 1.99. The van der Waals surface area contributed by atoms with Crippen LogP contribution < -0.4 is 11.5 Å². The van der Waals surface area contributed by atoms with Crippen molar-refractivity contribution in [3.8, 4) is 11.1 Å². The molecule has 0 radical (unpaired) electrons. The highest BCUT2D eigenvalue weighted by atomic mass is 19.1. The van der Waals surface area contributed by atoms with Crippen LogP contribution in [-0.4, -0.2) is 25.7 Å². The molecule has 7 heteroatoms. The first kappa shape index (κ1) is 14.3. The lowest BCUT2D eigenvalue weighted by atomic mass is 10.1. The van der Waals surface area contributed by atoms with Crippen LogP contribution in [0.5, 0.6) is 0 Å². The first-order chi connectivity index (χ1) is 10.5. The Morgan fingerprint density at radius 3 is 2.73 bits per heavy atom. The lowest BCUT2D eigenvalue weighted by Gasteiger charge is -2.06. The highest BCUT2D eigenvalue weighted by Crippen LogP contribution is 2.34. The average Bonchev–Trinajstić information content (AvgIpc) is 2.78. The summed E-state index contributed by atoms with van der Waals surface area (Å²) in [6.07, 6.45) is 2.49. The molecule has 1 atom stereocenters. The van der Waals surface area contributed by atoms with Crippen LogP contribution in [0, 0.1) is 5.82 Å². The van der Waals surface area contributed by atoms with Crippen molar-refractivity contribution in [2.24, 2.45) is 0 Å². The van der Waals surface area contributed by atoms with Crippen molar-refractivity contribution in [2.45, 2.75) is 19.6 Å². The van der Waals surface area contributed by atoms with E-state index in [1.54, 1.807) is 29.8 Å². The van der Waals surface area contributed by atoms with Gasteiger partial charge in [0, 0.05) is 29.6 Å². The van der Waals surface area contributed by atoms with Crippen LogP contribution in [0.3, 0.4) is 0 Å². The molecule has 2 heterocycles. The molecule has 0 unspecified atom stereocenters. The molecule has 0 amide bonds. The van der Waals surface area contributed by atoms with Gasteiger partial charge in [0.15, 0.2) is 0 Å². The van der Waals surface area contributed by atoms with Crippen molar-refractivity contribution in [3.05, 3.63) is 36.5 Å². The Bertz CT molecular complexity index is 843. The number of hydrogen-bond acceptors (Lipinski definition) is 5. The summed E-state index contributed by atoms with van der Waals surface area (Å²) in [4.78, 5) is 8.18. The van der Waals surface area contributed by atoms with Crippen molar-refractivity contribution >= 4 is 22.5 Å². The zero-order valence-electron chi connectivity index (χ0n) is 12.0. The first-order valence-electron chi connectivity index (χ1n) is 6.80. The maximum Gasteiger partial charge on any atom is 0.146 e. The molecule has 3 aromatic rings. The summed E-state index contributed by atoms with van der Waals surface area (Å²) in [5.74, 6) is -0.181. The van der Waals surface area contributed by atoms with Crippen LogP contribution >= 0.6 is 0 Å². The maximum absolute atomic E-state index is 14.2. The standard InChI is InChI=1S/C15H16FN5O/c1-8(22)5-21-6-11(10-3-2-9(17)4-12(10)16)13-14(18)19-7-20-15(13)21/h2-4,6-8,22H,5,17H2,1H3,(H2,18,19,20)/t8-/m1/s1. The Kier molecular flexibility index (Phi) is 3.42. The second kappa shape index (κ2) is 5.27. The molecule has 0 aliphatic rings. The highest BCUT2D eigenvalue weighted by Gasteiger charge is 2.18. The van der Waals surface area contributed by atoms with Crippen molar-refractivity contribution in [3.63, 3.8) is 0 Å². The molecule has 0 bridgehead atoms. The summed E-state index contributed by atoms with van der Waals surface area (Å²) in [5, 5.41) is 10.2. The molecule has 22 heavy (non-hydrogen) atoms. The maximum atomic E-state index is 14.2. The topological polar surface area (TPSA) is 103 Å². The largest absolute Gasteiger partial charge is 0.399 e. The molecule has 1 aromatic carbocycles. The van der Waals surface area contributed by atoms with E-state index in [-0.39, 0.29) is 5.82 Å². The van der Waals surface area contributed by atoms with Gasteiger partial charge in [-0.25, -0.2) is 14.4 Å². The smallest absolute Gasteiger partial charge is 0.146 e. The van der Waals surface area contributed by atoms with E-state index in [0.29, 0.717) is 34.4 Å². The number of rotatable bonds is 3. The fourth-order valence-corrected chi connectivity index (χ4v) is 2.52. The second-order valence-electron chi connectivity index (χ2n) is 5.24. The van der Waals surface area contributed by atoms with Gasteiger partial charge in [0.25, 0.3) is 0 Å². The zero-order chi connectivity index (χ0) is 15.9. The molecule has 114 valence electrons. The Balaban J connectivity index is 2.29. The minimum Gasteiger partial charge on any atom is -0.399 e. The van der Waals surface area contributed by atoms with Crippen molar-refractivity contribution < 1.29 is 9.50 Å². The van der Waals surface area contributed by atoms with E-state index in [9.17, 15) is 9.50 Å². The zero-order valence-corrected chi connectivity index (χ0v) is 12.0. The summed E-state index contributed by atoms with van der Waals surface area (Å²) in [5.41, 5.74) is 13.4. The lowest BCUT2D eigenvalue weighted by Crippen LogP contribution is -2.11. The number of aromatic nitrogens is 3. The molecule has 3 rings (SSSR count). The Labute approximate surface area is 126 Å². The quantitative estimate of drug-likeness (QED) is 0.640. The monoisotopic (exact) mass is 301 g/mol. The van der Waals surface area contributed by atoms with E-state index in [1.165, 1.54) is 12.4 Å². The fourth-order valence-electron chi connectivity index (χ4n) is 2.52. The minimum atomic E-state index is -0.573. The number of halogens is 1. The molecule has 0 aliphatic heterocycles. The first-order valence-corrected chi connectivity index (χ1v) is 6.80. The number of aliphatic hydroxyl groups is 1. The van der Waals surface area contributed by atoms with Crippen LogP contribution in [0.15, 0.2) is 30.7 Å². The van der Waals surface area contributed by atoms with Crippen LogP contribution in [0.4, 0.5) is 15.9 Å². The van der Waals surface area contributed by atoms with Crippen LogP contribution in [0.2, 0.25) is 0 Å². The molecule has 0 fully saturated rings. The number of hydrogen-bond donors (Lipinski definition) is 3. The van der Waals surface area contributed by atoms with Crippen LogP contribution in [0.1, 0.15) is 6.92 Å². The fraction of sp³-hybridized carbons (Fsp3) is 0.200. The SMILES string of the molecule is C[C@@H](O)Cn1cc(-c2ccc(N)cc2F)c2c(N)ncnc21. The van der Waals surface area contributed by atoms with E-state index >= 15 is 0 Å². The number of benzene rings is 1. The number of nitrogens with two attached hydrogens (primary N) is 2. The molecule has 0 saturated heterocycles. The van der Waals surface area contributed by atoms with Crippen molar-refractivity contribution in [1.82, 2.24) is 14.5 Å². The van der Waals surface area contributed by atoms with Crippen LogP contribution in [0.25, 0.3) is 22.2 Å². The predicted octanol–water partition coefficient (Wildman–Crippen LogP) is 1.78. The van der Waals surface area contributed by atoms with E-state index in [0.717, 1.165) is 0 Å². The van der Waals surface area contributed by atoms with E-state index in [4.69, 9.17) is 11.5 Å². The van der Waals surface area contributed by atoms with Gasteiger partial charge in [-0.3, -0.25) is 0 Å². The van der Waals surface area contributed by atoms with E-state index < -0.39 is 11.9 Å². The van der Waals surface area contributed by atoms with Crippen molar-refractivity contribution in [2.75, 3.05) is 11.5 Å². The number of nitrogens with zero attached hydrogens (tertiary/aromatic N) is 3. The average molecular weight is 301 g/mol. The van der Waals surface area contributed by atoms with Gasteiger partial charge in [0.05, 0.1) is 11.5 Å². The molecule has 0 aliphatic carbocycles. The summed E-state index contributed by atoms with van der Waals surface area (Å²) >= 11 is 0. The summed E-state index contributed by atoms with van der Waals surface area (Å²) in [7, 11) is 0. The number of aliphatic hydroxyl groups excluding tert-OH is 1. The summed E-state index contributed by atoms with van der Waals surface area (Å²) in [6, 6.07) is 4.47. The molecule has 2 aromatic heterocycles. The molecular weight excluding hydrogens is 285 g/mol. The van der Waals surface area contributed by atoms with Gasteiger partial charge in [0.2, 0.25) is 0 Å². The Morgan fingerprint density at radius 2 is 2.05 bits per heavy atom. The summed E-state index contributed by atoms with van der Waals surface area (Å²) < 4.78 is 16.0.